The number of ether oxygens (including phenoxy) is 2. The number of carbonyl (C=O) groups excluding carboxylic acids is 1. The number of aliphatic carboxylic acids is 1. The molecule has 0 saturated heterocycles. The maximum Gasteiger partial charge on any atom is 0.524 e. The van der Waals surface area contributed by atoms with Crippen molar-refractivity contribution in [3.05, 3.63) is 48.0 Å². The molecule has 2 aromatic carbocycles. The quantitative estimate of drug-likeness (QED) is 0.123. The van der Waals surface area contributed by atoms with E-state index in [1.165, 1.54) is 0 Å². The Bertz CT molecular complexity index is 1040. The zero-order valence-electron chi connectivity index (χ0n) is 23.6. The number of rotatable bonds is 19. The minimum absolute atomic E-state index is 0.337. The molecule has 0 radical (unpaired) electrons. The number of fused-ring (bicyclic) bond motifs is 1. The molecular formula is C29H43NO8Si. The Balaban J connectivity index is 1.68. The van der Waals surface area contributed by atoms with Crippen molar-refractivity contribution in [2.24, 2.45) is 0 Å². The third kappa shape index (κ3) is 11.0. The number of hydrogen-bond donors (Lipinski definition) is 2. The fraction of sp³-hybridized carbons (Fsp3) is 0.517. The van der Waals surface area contributed by atoms with E-state index in [9.17, 15) is 9.59 Å². The second-order valence-corrected chi connectivity index (χ2v) is 11.6. The molecule has 9 nitrogen and oxygen atoms in total. The number of hydrogen-bond acceptors (Lipinski definition) is 7. The summed E-state index contributed by atoms with van der Waals surface area (Å²) in [6, 6.07) is 11.6. The molecule has 0 fully saturated rings. The molecule has 0 saturated carbocycles. The number of nitrogens with one attached hydrogen (secondary N) is 1. The summed E-state index contributed by atoms with van der Waals surface area (Å²) >= 11 is 0. The first-order valence-electron chi connectivity index (χ1n) is 13.8. The van der Waals surface area contributed by atoms with Crippen LogP contribution in [-0.4, -0.2) is 64.7 Å². The zero-order chi connectivity index (χ0) is 28.5. The van der Waals surface area contributed by atoms with Gasteiger partial charge in [-0.1, -0.05) is 25.1 Å². The molecule has 2 rings (SSSR count). The van der Waals surface area contributed by atoms with Crippen LogP contribution in [0, 0.1) is 0 Å². The SMILES string of the molecule is CCO[Si](OCC)(OCC)C(CC)NC(=O)OCCCCCCOc1ccc2cc(/C=C/C(=O)O)ccc2c1. The van der Waals surface area contributed by atoms with Gasteiger partial charge < -0.3 is 33.2 Å². The van der Waals surface area contributed by atoms with Crippen LogP contribution in [-0.2, 0) is 22.8 Å². The number of amides is 1. The van der Waals surface area contributed by atoms with E-state index in [-0.39, 0.29) is 5.67 Å². The van der Waals surface area contributed by atoms with Crippen molar-refractivity contribution < 1.29 is 37.4 Å². The van der Waals surface area contributed by atoms with Crippen LogP contribution < -0.4 is 10.1 Å². The molecule has 39 heavy (non-hydrogen) atoms. The summed E-state index contributed by atoms with van der Waals surface area (Å²) in [7, 11) is -3.06. The molecular weight excluding hydrogens is 518 g/mol. The molecule has 0 bridgehead atoms. The molecule has 2 N–H and O–H groups in total. The lowest BCUT2D eigenvalue weighted by Gasteiger charge is -2.34. The number of unbranched alkanes of at least 4 members (excludes halogenated alkanes) is 3. The van der Waals surface area contributed by atoms with Crippen molar-refractivity contribution in [2.75, 3.05) is 33.0 Å². The first-order valence-corrected chi connectivity index (χ1v) is 15.6. The van der Waals surface area contributed by atoms with Gasteiger partial charge in [0.15, 0.2) is 0 Å². The van der Waals surface area contributed by atoms with Gasteiger partial charge in [-0.25, -0.2) is 9.59 Å². The van der Waals surface area contributed by atoms with Crippen LogP contribution in [0.5, 0.6) is 5.75 Å². The summed E-state index contributed by atoms with van der Waals surface area (Å²) in [4.78, 5) is 23.1. The minimum Gasteiger partial charge on any atom is -0.494 e. The van der Waals surface area contributed by atoms with Gasteiger partial charge in [0.1, 0.15) is 11.4 Å². The van der Waals surface area contributed by atoms with E-state index in [0.717, 1.165) is 53.8 Å². The molecule has 1 atom stereocenters. The van der Waals surface area contributed by atoms with E-state index in [0.29, 0.717) is 39.5 Å². The van der Waals surface area contributed by atoms with E-state index in [1.54, 1.807) is 6.08 Å². The molecule has 0 aliphatic rings. The summed E-state index contributed by atoms with van der Waals surface area (Å²) in [5.74, 6) is -0.170. The van der Waals surface area contributed by atoms with Gasteiger partial charge in [0.05, 0.1) is 13.2 Å². The van der Waals surface area contributed by atoms with Crippen LogP contribution in [0.4, 0.5) is 4.79 Å². The Hall–Kier alpha value is -2.92. The third-order valence-electron chi connectivity index (χ3n) is 5.96. The van der Waals surface area contributed by atoms with Gasteiger partial charge in [0.2, 0.25) is 0 Å². The standard InChI is InChI=1S/C29H43NO8Si/c1-5-27(39(36-6-2,37-7-3)38-8-4)30-29(33)35-20-12-10-9-11-19-34-26-17-16-24-21-23(14-18-28(31)32)13-15-25(24)22-26/h13-18,21-22,27H,5-12,19-20H2,1-4H3,(H,30,33)(H,31,32)/b18-14+. The molecule has 0 aliphatic carbocycles. The van der Waals surface area contributed by atoms with Gasteiger partial charge >= 0.3 is 20.9 Å². The number of carboxylic acids is 1. The zero-order valence-corrected chi connectivity index (χ0v) is 24.6. The third-order valence-corrected chi connectivity index (χ3v) is 9.44. The lowest BCUT2D eigenvalue weighted by Crippen LogP contribution is -2.62. The molecule has 2 aromatic rings. The van der Waals surface area contributed by atoms with E-state index < -0.39 is 20.9 Å². The molecule has 1 amide bonds. The van der Waals surface area contributed by atoms with Crippen LogP contribution in [0.2, 0.25) is 0 Å². The average Bonchev–Trinajstić information content (AvgIpc) is 2.92. The fourth-order valence-electron chi connectivity index (χ4n) is 4.17. The lowest BCUT2D eigenvalue weighted by molar-refractivity contribution is -0.131. The summed E-state index contributed by atoms with van der Waals surface area (Å²) in [6.45, 7) is 9.89. The van der Waals surface area contributed by atoms with Crippen molar-refractivity contribution in [1.82, 2.24) is 5.32 Å². The molecule has 0 spiro atoms. The van der Waals surface area contributed by atoms with E-state index in [2.05, 4.69) is 5.32 Å². The van der Waals surface area contributed by atoms with E-state index >= 15 is 0 Å². The fourth-order valence-corrected chi connectivity index (χ4v) is 7.03. The molecule has 216 valence electrons. The predicted octanol–water partition coefficient (Wildman–Crippen LogP) is 5.97. The van der Waals surface area contributed by atoms with Crippen LogP contribution >= 0.6 is 0 Å². The Labute approximate surface area is 232 Å². The smallest absolute Gasteiger partial charge is 0.494 e. The summed E-state index contributed by atoms with van der Waals surface area (Å²) in [6.07, 6.45) is 6.38. The Morgan fingerprint density at radius 2 is 1.49 bits per heavy atom. The number of alkyl carbamates (subject to hydrolysis) is 1. The van der Waals surface area contributed by atoms with Crippen LogP contribution in [0.25, 0.3) is 16.8 Å². The second-order valence-electron chi connectivity index (χ2n) is 8.85. The first kappa shape index (κ1) is 32.3. The molecule has 0 heterocycles. The van der Waals surface area contributed by atoms with Crippen LogP contribution in [0.15, 0.2) is 42.5 Å². The van der Waals surface area contributed by atoms with E-state index in [4.69, 9.17) is 27.9 Å². The number of carbonyl (C=O) groups is 2. The first-order chi connectivity index (χ1) is 18.9. The largest absolute Gasteiger partial charge is 0.524 e. The van der Waals surface area contributed by atoms with Gasteiger partial charge in [-0.3, -0.25) is 0 Å². The van der Waals surface area contributed by atoms with Crippen LogP contribution in [0.3, 0.4) is 0 Å². The molecule has 0 aromatic heterocycles. The number of carboxylic acid groups (broad SMARTS) is 1. The van der Waals surface area contributed by atoms with Crippen LogP contribution in [0.1, 0.15) is 65.4 Å². The molecule has 1 unspecified atom stereocenters. The summed E-state index contributed by atoms with van der Waals surface area (Å²) < 4.78 is 29.0. The molecule has 0 aliphatic heterocycles. The highest BCUT2D eigenvalue weighted by molar-refractivity contribution is 6.62. The Morgan fingerprint density at radius 1 is 0.872 bits per heavy atom. The minimum atomic E-state index is -3.06. The van der Waals surface area contributed by atoms with Crippen molar-refractivity contribution in [3.63, 3.8) is 0 Å². The molecule has 10 heteroatoms. The second kappa shape index (κ2) is 17.6. The van der Waals surface area contributed by atoms with Gasteiger partial charge in [-0.15, -0.1) is 0 Å². The van der Waals surface area contributed by atoms with Gasteiger partial charge in [-0.05, 0) is 93.5 Å². The lowest BCUT2D eigenvalue weighted by atomic mass is 10.1. The normalized spacial score (nSPS) is 12.5. The summed E-state index contributed by atoms with van der Waals surface area (Å²) in [5, 5.41) is 13.7. The van der Waals surface area contributed by atoms with Crippen molar-refractivity contribution in [3.8, 4) is 5.75 Å². The maximum atomic E-state index is 12.4. The van der Waals surface area contributed by atoms with Gasteiger partial charge in [0.25, 0.3) is 0 Å². The monoisotopic (exact) mass is 561 g/mol. The van der Waals surface area contributed by atoms with Gasteiger partial charge in [0, 0.05) is 25.9 Å². The summed E-state index contributed by atoms with van der Waals surface area (Å²) in [5.41, 5.74) is 0.467. The highest BCUT2D eigenvalue weighted by atomic mass is 28.4. The van der Waals surface area contributed by atoms with Crippen molar-refractivity contribution >= 4 is 37.7 Å². The highest BCUT2D eigenvalue weighted by Crippen LogP contribution is 2.23. The number of benzene rings is 2. The highest BCUT2D eigenvalue weighted by Gasteiger charge is 2.49. The predicted molar refractivity (Wildman–Crippen MR) is 154 cm³/mol. The van der Waals surface area contributed by atoms with Gasteiger partial charge in [-0.2, -0.15) is 0 Å². The Morgan fingerprint density at radius 3 is 2.10 bits per heavy atom. The van der Waals surface area contributed by atoms with E-state index in [1.807, 2.05) is 64.1 Å². The Kier molecular flexibility index (Phi) is 14.6. The topological polar surface area (TPSA) is 113 Å². The average molecular weight is 562 g/mol. The van der Waals surface area contributed by atoms with Crippen molar-refractivity contribution in [1.29, 1.82) is 0 Å². The maximum absolute atomic E-state index is 12.4. The van der Waals surface area contributed by atoms with Crippen molar-refractivity contribution in [2.45, 2.75) is 65.5 Å².